The van der Waals surface area contributed by atoms with E-state index < -0.39 is 0 Å². The highest BCUT2D eigenvalue weighted by molar-refractivity contribution is 5.80. The van der Waals surface area contributed by atoms with Crippen molar-refractivity contribution in [2.45, 2.75) is 32.4 Å². The second-order valence-electron chi connectivity index (χ2n) is 6.02. The predicted molar refractivity (Wildman–Crippen MR) is 93.2 cm³/mol. The van der Waals surface area contributed by atoms with Crippen molar-refractivity contribution in [2.75, 3.05) is 34.9 Å². The van der Waals surface area contributed by atoms with Crippen molar-refractivity contribution in [1.82, 2.24) is 14.5 Å². The van der Waals surface area contributed by atoms with Crippen molar-refractivity contribution in [3.8, 4) is 11.5 Å². The van der Waals surface area contributed by atoms with Crippen LogP contribution in [0.3, 0.4) is 0 Å². The van der Waals surface area contributed by atoms with Crippen LogP contribution in [0, 0.1) is 0 Å². The van der Waals surface area contributed by atoms with Crippen LogP contribution in [0.2, 0.25) is 0 Å². The highest BCUT2D eigenvalue weighted by Crippen LogP contribution is 2.33. The van der Waals surface area contributed by atoms with Crippen molar-refractivity contribution in [2.24, 2.45) is 5.73 Å². The lowest BCUT2D eigenvalue weighted by molar-refractivity contribution is 0.355. The monoisotopic (exact) mass is 320 g/mol. The van der Waals surface area contributed by atoms with Gasteiger partial charge in [0.25, 0.3) is 0 Å². The lowest BCUT2D eigenvalue weighted by Gasteiger charge is -2.17. The third-order valence-corrected chi connectivity index (χ3v) is 3.99. The zero-order chi connectivity index (χ0) is 17.0. The summed E-state index contributed by atoms with van der Waals surface area (Å²) in [7, 11) is 7.41. The van der Waals surface area contributed by atoms with E-state index in [1.54, 1.807) is 14.2 Å². The molecule has 1 aromatic carbocycles. The summed E-state index contributed by atoms with van der Waals surface area (Å²) in [6, 6.07) is 3.84. The van der Waals surface area contributed by atoms with Crippen LogP contribution in [0.1, 0.15) is 31.6 Å². The maximum Gasteiger partial charge on any atom is 0.163 e. The standard InChI is InChI=1S/C17H28N4O2/c1-6-7-12(18)17-19-13-10-15(22-4)16(23-5)11-14(13)21(17)9-8-20(2)3/h10-12H,6-9,18H2,1-5H3. The van der Waals surface area contributed by atoms with E-state index in [0.29, 0.717) is 11.5 Å². The zero-order valence-electron chi connectivity index (χ0n) is 14.8. The highest BCUT2D eigenvalue weighted by atomic mass is 16.5. The molecule has 0 radical (unpaired) electrons. The van der Waals surface area contributed by atoms with Crippen LogP contribution < -0.4 is 15.2 Å². The first-order valence-electron chi connectivity index (χ1n) is 8.04. The smallest absolute Gasteiger partial charge is 0.163 e. The van der Waals surface area contributed by atoms with Gasteiger partial charge in [0.05, 0.1) is 31.3 Å². The number of likely N-dealkylation sites (N-methyl/N-ethyl adjacent to an activating group) is 1. The number of nitrogens with two attached hydrogens (primary N) is 1. The van der Waals surface area contributed by atoms with Gasteiger partial charge in [-0.1, -0.05) is 13.3 Å². The van der Waals surface area contributed by atoms with Gasteiger partial charge in [-0.2, -0.15) is 0 Å². The SMILES string of the molecule is CCCC(N)c1nc2cc(OC)c(OC)cc2n1CCN(C)C. The molecule has 0 aliphatic carbocycles. The molecule has 0 saturated heterocycles. The Morgan fingerprint density at radius 1 is 1.22 bits per heavy atom. The second-order valence-corrected chi connectivity index (χ2v) is 6.02. The number of aromatic nitrogens is 2. The van der Waals surface area contributed by atoms with E-state index in [9.17, 15) is 0 Å². The van der Waals surface area contributed by atoms with E-state index in [4.69, 9.17) is 20.2 Å². The van der Waals surface area contributed by atoms with Gasteiger partial charge in [-0.15, -0.1) is 0 Å². The minimum absolute atomic E-state index is 0.0634. The van der Waals surface area contributed by atoms with Crippen molar-refractivity contribution in [3.63, 3.8) is 0 Å². The molecule has 2 N–H and O–H groups in total. The number of imidazole rings is 1. The number of hydrogen-bond acceptors (Lipinski definition) is 5. The molecule has 6 nitrogen and oxygen atoms in total. The van der Waals surface area contributed by atoms with E-state index in [1.807, 2.05) is 12.1 Å². The molecule has 1 heterocycles. The van der Waals surface area contributed by atoms with Crippen LogP contribution in [-0.4, -0.2) is 49.3 Å². The summed E-state index contributed by atoms with van der Waals surface area (Å²) < 4.78 is 13.0. The maximum atomic E-state index is 6.36. The minimum Gasteiger partial charge on any atom is -0.493 e. The van der Waals surface area contributed by atoms with Gasteiger partial charge in [-0.25, -0.2) is 4.98 Å². The third-order valence-electron chi connectivity index (χ3n) is 3.99. The first kappa shape index (κ1) is 17.6. The number of fused-ring (bicyclic) bond motifs is 1. The zero-order valence-corrected chi connectivity index (χ0v) is 14.8. The molecule has 0 spiro atoms. The molecular weight excluding hydrogens is 292 g/mol. The molecule has 1 atom stereocenters. The quantitative estimate of drug-likeness (QED) is 0.809. The first-order chi connectivity index (χ1) is 11.0. The summed E-state index contributed by atoms with van der Waals surface area (Å²) in [5.41, 5.74) is 8.28. The van der Waals surface area contributed by atoms with E-state index in [-0.39, 0.29) is 6.04 Å². The number of rotatable bonds is 8. The number of methoxy groups -OCH3 is 2. The maximum absolute atomic E-state index is 6.36. The summed E-state index contributed by atoms with van der Waals surface area (Å²) in [5.74, 6) is 2.33. The normalized spacial score (nSPS) is 12.8. The van der Waals surface area contributed by atoms with Crippen LogP contribution in [0.5, 0.6) is 11.5 Å². The van der Waals surface area contributed by atoms with Gasteiger partial charge in [0, 0.05) is 25.2 Å². The molecule has 128 valence electrons. The fourth-order valence-electron chi connectivity index (χ4n) is 2.73. The highest BCUT2D eigenvalue weighted by Gasteiger charge is 2.19. The molecule has 2 aromatic rings. The molecule has 23 heavy (non-hydrogen) atoms. The largest absolute Gasteiger partial charge is 0.493 e. The molecule has 6 heteroatoms. The Morgan fingerprint density at radius 2 is 1.87 bits per heavy atom. The van der Waals surface area contributed by atoms with Crippen LogP contribution in [0.4, 0.5) is 0 Å². The molecule has 0 amide bonds. The summed E-state index contributed by atoms with van der Waals surface area (Å²) in [6.07, 6.45) is 1.95. The van der Waals surface area contributed by atoms with Gasteiger partial charge in [0.1, 0.15) is 5.82 Å². The molecule has 2 rings (SSSR count). The van der Waals surface area contributed by atoms with Gasteiger partial charge in [0.15, 0.2) is 11.5 Å². The van der Waals surface area contributed by atoms with Crippen molar-refractivity contribution < 1.29 is 9.47 Å². The minimum atomic E-state index is -0.0634. The number of ether oxygens (including phenoxy) is 2. The molecule has 0 aliphatic heterocycles. The van der Waals surface area contributed by atoms with Gasteiger partial charge < -0.3 is 24.7 Å². The lowest BCUT2D eigenvalue weighted by Crippen LogP contribution is -2.22. The Bertz CT molecular complexity index is 652. The fraction of sp³-hybridized carbons (Fsp3) is 0.588. The Balaban J connectivity index is 2.56. The van der Waals surface area contributed by atoms with Crippen molar-refractivity contribution in [3.05, 3.63) is 18.0 Å². The average molecular weight is 320 g/mol. The van der Waals surface area contributed by atoms with Crippen molar-refractivity contribution in [1.29, 1.82) is 0 Å². The molecular formula is C17H28N4O2. The number of benzene rings is 1. The second kappa shape index (κ2) is 7.66. The van der Waals surface area contributed by atoms with Gasteiger partial charge >= 0.3 is 0 Å². The summed E-state index contributed by atoms with van der Waals surface area (Å²) in [4.78, 5) is 6.93. The van der Waals surface area contributed by atoms with Gasteiger partial charge in [-0.3, -0.25) is 0 Å². The average Bonchev–Trinajstić information content (AvgIpc) is 2.89. The van der Waals surface area contributed by atoms with Crippen LogP contribution in [-0.2, 0) is 6.54 Å². The number of nitrogens with zero attached hydrogens (tertiary/aromatic N) is 3. The summed E-state index contributed by atoms with van der Waals surface area (Å²) in [6.45, 7) is 3.90. The molecule has 0 aliphatic rings. The first-order valence-corrected chi connectivity index (χ1v) is 8.04. The fourth-order valence-corrected chi connectivity index (χ4v) is 2.73. The van der Waals surface area contributed by atoms with Crippen molar-refractivity contribution >= 4 is 11.0 Å². The van der Waals surface area contributed by atoms with Gasteiger partial charge in [0.2, 0.25) is 0 Å². The topological polar surface area (TPSA) is 65.5 Å². The molecule has 0 fully saturated rings. The summed E-state index contributed by atoms with van der Waals surface area (Å²) >= 11 is 0. The van der Waals surface area contributed by atoms with Crippen LogP contribution in [0.25, 0.3) is 11.0 Å². The van der Waals surface area contributed by atoms with E-state index in [2.05, 4.69) is 30.5 Å². The third kappa shape index (κ3) is 3.76. The lowest BCUT2D eigenvalue weighted by atomic mass is 10.1. The van der Waals surface area contributed by atoms with E-state index in [0.717, 1.165) is 42.8 Å². The molecule has 1 aromatic heterocycles. The van der Waals surface area contributed by atoms with Crippen LogP contribution in [0.15, 0.2) is 12.1 Å². The summed E-state index contributed by atoms with van der Waals surface area (Å²) in [5, 5.41) is 0. The Labute approximate surface area is 138 Å². The molecule has 1 unspecified atom stereocenters. The number of hydrogen-bond donors (Lipinski definition) is 1. The molecule has 0 bridgehead atoms. The molecule has 0 saturated carbocycles. The van der Waals surface area contributed by atoms with Crippen LogP contribution >= 0.6 is 0 Å². The van der Waals surface area contributed by atoms with E-state index >= 15 is 0 Å². The Morgan fingerprint density at radius 3 is 2.43 bits per heavy atom. The Kier molecular flexibility index (Phi) is 5.85. The Hall–Kier alpha value is -1.79. The van der Waals surface area contributed by atoms with Gasteiger partial charge in [-0.05, 0) is 20.5 Å². The van der Waals surface area contributed by atoms with E-state index in [1.165, 1.54) is 0 Å². The predicted octanol–water partition coefficient (Wildman–Crippen LogP) is 2.42.